The van der Waals surface area contributed by atoms with E-state index in [2.05, 4.69) is 9.37 Å². The molecule has 0 aliphatic heterocycles. The van der Waals surface area contributed by atoms with Crippen molar-refractivity contribution < 1.29 is 139 Å². The van der Waals surface area contributed by atoms with E-state index < -0.39 is 30.7 Å². The molecule has 1 N–H and O–H groups in total. The third kappa shape index (κ3) is 10.9. The molecule has 0 atom stereocenters. The van der Waals surface area contributed by atoms with E-state index in [1.165, 1.54) is 0 Å². The molecule has 0 heterocycles. The standard InChI is InChI=1S/C8H10INO8S3.2K/c9-3-4-20(12,13)10-7-5-6(19-18-17-11)1-2-8(7)21(14,15)16;;/h1-2,5,10-11H,3-4H2,(H,14,15,16);;/q;2*+1/p-2. The van der Waals surface area contributed by atoms with Crippen molar-refractivity contribution in [3.63, 3.8) is 0 Å². The van der Waals surface area contributed by atoms with Crippen molar-refractivity contribution in [2.24, 2.45) is 0 Å². The predicted octanol–water partition coefficient (Wildman–Crippen LogP) is -5.99. The molecule has 15 heteroatoms. The van der Waals surface area contributed by atoms with Gasteiger partial charge >= 0.3 is 103 Å². The van der Waals surface area contributed by atoms with Crippen LogP contribution in [0.15, 0.2) is 28.0 Å². The van der Waals surface area contributed by atoms with Gasteiger partial charge in [-0.15, -0.1) is 0 Å². The van der Waals surface area contributed by atoms with Crippen molar-refractivity contribution >= 4 is 60.5 Å². The van der Waals surface area contributed by atoms with E-state index in [1.807, 2.05) is 27.3 Å². The van der Waals surface area contributed by atoms with Crippen molar-refractivity contribution in [3.8, 4) is 0 Å². The van der Waals surface area contributed by atoms with E-state index in [1.54, 1.807) is 0 Å². The smallest absolute Gasteiger partial charge is 0.744 e. The fourth-order valence-electron chi connectivity index (χ4n) is 1.23. The zero-order valence-corrected chi connectivity index (χ0v) is 22.9. The molecule has 0 bridgehead atoms. The van der Waals surface area contributed by atoms with Gasteiger partial charge in [-0.05, 0) is 18.2 Å². The molecule has 1 aromatic carbocycles. The molecule has 1 aromatic rings. The maximum atomic E-state index is 11.7. The number of hydrogen-bond acceptors (Lipinski definition) is 9. The second kappa shape index (κ2) is 13.3. The van der Waals surface area contributed by atoms with Gasteiger partial charge in [-0.3, -0.25) is 9.76 Å². The number of halogens is 1. The predicted molar refractivity (Wildman–Crippen MR) is 78.7 cm³/mol. The second-order valence-corrected chi connectivity index (χ2v) is 8.48. The van der Waals surface area contributed by atoms with Gasteiger partial charge in [0.15, 0.2) is 0 Å². The first-order chi connectivity index (χ1) is 9.69. The molecule has 1 rings (SSSR count). The Balaban J connectivity index is 0. The minimum absolute atomic E-state index is 0. The summed E-state index contributed by atoms with van der Waals surface area (Å²) in [6, 6.07) is 3.10. The molecule has 9 nitrogen and oxygen atoms in total. The van der Waals surface area contributed by atoms with Gasteiger partial charge < -0.3 is 9.81 Å². The summed E-state index contributed by atoms with van der Waals surface area (Å²) in [7, 11) is -8.69. The Kier molecular flexibility index (Phi) is 16.4. The number of anilines is 1. The van der Waals surface area contributed by atoms with Crippen LogP contribution >= 0.6 is 34.6 Å². The monoisotopic (exact) mass is 547 g/mol. The van der Waals surface area contributed by atoms with E-state index in [-0.39, 0.29) is 118 Å². The van der Waals surface area contributed by atoms with Crippen LogP contribution in [0.2, 0.25) is 0 Å². The molecule has 0 amide bonds. The van der Waals surface area contributed by atoms with Gasteiger partial charge in [-0.2, -0.15) is 4.33 Å². The SMILES string of the molecule is O=S(=O)(CCI)Nc1cc(SOO[O-])ccc1S(=O)(=O)[O-].[K+].[K+]. The van der Waals surface area contributed by atoms with Gasteiger partial charge in [-0.25, -0.2) is 16.8 Å². The molecule has 0 unspecified atom stereocenters. The van der Waals surface area contributed by atoms with E-state index in [0.717, 1.165) is 18.2 Å². The zero-order chi connectivity index (χ0) is 16.1. The van der Waals surface area contributed by atoms with Crippen LogP contribution in [-0.2, 0) is 29.5 Å². The Labute approximate surface area is 236 Å². The Morgan fingerprint density at radius 2 is 1.83 bits per heavy atom. The zero-order valence-electron chi connectivity index (χ0n) is 12.0. The van der Waals surface area contributed by atoms with Gasteiger partial charge in [0.25, 0.3) is 0 Å². The Bertz CT molecular complexity index is 699. The molecule has 120 valence electrons. The summed E-state index contributed by atoms with van der Waals surface area (Å²) in [5.74, 6) is -0.260. The molecule has 0 saturated carbocycles. The third-order valence-electron chi connectivity index (χ3n) is 1.99. The summed E-state index contributed by atoms with van der Waals surface area (Å²) in [5.41, 5.74) is -0.422. The van der Waals surface area contributed by atoms with Crippen molar-refractivity contribution in [1.82, 2.24) is 0 Å². The molecule has 0 radical (unpaired) electrons. The number of hydrogen-bond donors (Lipinski definition) is 1. The maximum absolute atomic E-state index is 11.7. The van der Waals surface area contributed by atoms with Crippen molar-refractivity contribution in [3.05, 3.63) is 18.2 Å². The van der Waals surface area contributed by atoms with Crippen LogP contribution in [0.3, 0.4) is 0 Å². The van der Waals surface area contributed by atoms with E-state index >= 15 is 0 Å². The van der Waals surface area contributed by atoms with E-state index in [9.17, 15) is 26.6 Å². The second-order valence-electron chi connectivity index (χ2n) is 3.44. The van der Waals surface area contributed by atoms with Crippen LogP contribution in [-0.4, -0.2) is 31.6 Å². The van der Waals surface area contributed by atoms with Crippen LogP contribution in [0.4, 0.5) is 5.69 Å². The Morgan fingerprint density at radius 1 is 1.22 bits per heavy atom. The summed E-state index contributed by atoms with van der Waals surface area (Å²) in [6.45, 7) is 0. The van der Waals surface area contributed by atoms with Crippen LogP contribution in [0.25, 0.3) is 0 Å². The van der Waals surface area contributed by atoms with Crippen LogP contribution in [0.5, 0.6) is 0 Å². The number of nitrogens with one attached hydrogen (secondary N) is 1. The van der Waals surface area contributed by atoms with Gasteiger partial charge in [-0.1, -0.05) is 22.6 Å². The Hall–Kier alpha value is 3.11. The van der Waals surface area contributed by atoms with Crippen molar-refractivity contribution in [2.75, 3.05) is 14.9 Å². The first-order valence-electron chi connectivity index (χ1n) is 4.99. The molecule has 0 saturated heterocycles. The number of rotatable bonds is 8. The quantitative estimate of drug-likeness (QED) is 0.0640. The van der Waals surface area contributed by atoms with E-state index in [4.69, 9.17) is 0 Å². The summed E-state index contributed by atoms with van der Waals surface area (Å²) >= 11 is 2.26. The normalized spacial score (nSPS) is 11.3. The number of alkyl halides is 1. The molecule has 0 spiro atoms. The third-order valence-corrected chi connectivity index (χ3v) is 6.00. The minimum Gasteiger partial charge on any atom is -0.744 e. The van der Waals surface area contributed by atoms with Gasteiger partial charge in [0.1, 0.15) is 10.1 Å². The molecule has 0 aromatic heterocycles. The fraction of sp³-hybridized carbons (Fsp3) is 0.250. The molecular weight excluding hydrogens is 539 g/mol. The van der Waals surface area contributed by atoms with Gasteiger partial charge in [0, 0.05) is 9.32 Å². The average molecular weight is 547 g/mol. The van der Waals surface area contributed by atoms with E-state index in [0.29, 0.717) is 12.0 Å². The first-order valence-corrected chi connectivity index (χ1v) is 10.3. The van der Waals surface area contributed by atoms with Crippen LogP contribution < -0.4 is 113 Å². The molecule has 0 aliphatic rings. The summed E-state index contributed by atoms with van der Waals surface area (Å²) < 4.78 is 63.0. The van der Waals surface area contributed by atoms with Gasteiger partial charge in [0.05, 0.1) is 28.4 Å². The van der Waals surface area contributed by atoms with Crippen molar-refractivity contribution in [1.29, 1.82) is 0 Å². The average Bonchev–Trinajstić information content (AvgIpc) is 2.34. The molecular formula is C8H8IK2NO8S3. The summed E-state index contributed by atoms with van der Waals surface area (Å²) in [5, 5.41) is 12.8. The minimum atomic E-state index is -4.88. The van der Waals surface area contributed by atoms with Gasteiger partial charge in [0.2, 0.25) is 10.0 Å². The topological polar surface area (TPSA) is 145 Å². The summed E-state index contributed by atoms with van der Waals surface area (Å²) in [4.78, 5) is -0.572. The molecule has 0 aliphatic carbocycles. The maximum Gasteiger partial charge on any atom is 1.00 e. The Morgan fingerprint density at radius 3 is 2.30 bits per heavy atom. The fourth-order valence-corrected chi connectivity index (χ4v) is 4.86. The largest absolute Gasteiger partial charge is 1.00 e. The number of benzene rings is 1. The van der Waals surface area contributed by atoms with Crippen LogP contribution in [0.1, 0.15) is 0 Å². The van der Waals surface area contributed by atoms with Crippen molar-refractivity contribution in [2.45, 2.75) is 9.79 Å². The number of sulfonamides is 1. The summed E-state index contributed by atoms with van der Waals surface area (Å²) in [6.07, 6.45) is 0. The molecule has 23 heavy (non-hydrogen) atoms. The van der Waals surface area contributed by atoms with Crippen LogP contribution in [0, 0.1) is 0 Å². The first kappa shape index (κ1) is 28.3. The molecule has 0 fully saturated rings.